The molecule has 3 rings (SSSR count). The lowest BCUT2D eigenvalue weighted by Crippen LogP contribution is -2.04. The van der Waals surface area contributed by atoms with E-state index in [2.05, 4.69) is 19.9 Å². The van der Waals surface area contributed by atoms with Gasteiger partial charge in [0, 0.05) is 0 Å². The normalized spacial score (nSPS) is 11.1. The number of para-hydroxylation sites is 2. The van der Waals surface area contributed by atoms with Gasteiger partial charge < -0.3 is 4.74 Å². The van der Waals surface area contributed by atoms with Gasteiger partial charge in [-0.25, -0.2) is 4.98 Å². The van der Waals surface area contributed by atoms with Crippen LogP contribution in [0, 0.1) is 6.92 Å². The fraction of sp³-hybridized carbons (Fsp3) is 0.231. The molecule has 0 aliphatic carbocycles. The molecule has 6 nitrogen and oxygen atoms in total. The summed E-state index contributed by atoms with van der Waals surface area (Å²) in [5.74, 6) is 0.696. The zero-order valence-electron chi connectivity index (χ0n) is 11.0. The molecule has 0 fully saturated rings. The van der Waals surface area contributed by atoms with Crippen molar-refractivity contribution < 1.29 is 9.53 Å². The topological polar surface area (TPSA) is 69.4 Å². The lowest BCUT2D eigenvalue weighted by atomic mass is 10.3. The first-order valence-electron chi connectivity index (χ1n) is 6.01. The number of ether oxygens (including phenoxy) is 1. The Morgan fingerprint density at radius 3 is 2.95 bits per heavy atom. The van der Waals surface area contributed by atoms with Crippen LogP contribution in [0.5, 0.6) is 0 Å². The van der Waals surface area contributed by atoms with Gasteiger partial charge in [0.25, 0.3) is 0 Å². The van der Waals surface area contributed by atoms with Gasteiger partial charge in [-0.05, 0) is 19.1 Å². The van der Waals surface area contributed by atoms with E-state index >= 15 is 0 Å². The fourth-order valence-corrected chi connectivity index (χ4v) is 2.78. The van der Waals surface area contributed by atoms with Gasteiger partial charge in [-0.15, -0.1) is 10.2 Å². The first-order valence-corrected chi connectivity index (χ1v) is 6.99. The zero-order valence-corrected chi connectivity index (χ0v) is 11.8. The van der Waals surface area contributed by atoms with Crippen LogP contribution in [-0.4, -0.2) is 38.4 Å². The number of thioether (sulfide) groups is 1. The third-order valence-corrected chi connectivity index (χ3v) is 3.84. The summed E-state index contributed by atoms with van der Waals surface area (Å²) in [6, 6.07) is 7.77. The Balaban J connectivity index is 2.17. The average molecular weight is 288 g/mol. The van der Waals surface area contributed by atoms with Crippen molar-refractivity contribution in [3.05, 3.63) is 30.1 Å². The van der Waals surface area contributed by atoms with E-state index in [0.717, 1.165) is 16.9 Å². The Morgan fingerprint density at radius 2 is 2.15 bits per heavy atom. The molecule has 0 saturated carbocycles. The highest BCUT2D eigenvalue weighted by atomic mass is 32.2. The van der Waals surface area contributed by atoms with E-state index < -0.39 is 0 Å². The maximum Gasteiger partial charge on any atom is 0.316 e. The molecule has 1 aromatic carbocycles. The van der Waals surface area contributed by atoms with Gasteiger partial charge in [-0.1, -0.05) is 23.9 Å². The van der Waals surface area contributed by atoms with E-state index in [0.29, 0.717) is 10.7 Å². The van der Waals surface area contributed by atoms with Crippen molar-refractivity contribution in [2.75, 3.05) is 12.9 Å². The maximum atomic E-state index is 11.3. The van der Waals surface area contributed by atoms with E-state index in [9.17, 15) is 4.79 Å². The highest BCUT2D eigenvalue weighted by Crippen LogP contribution is 2.25. The smallest absolute Gasteiger partial charge is 0.316 e. The summed E-state index contributed by atoms with van der Waals surface area (Å²) in [6.07, 6.45) is 0. The molecule has 0 atom stereocenters. The molecular formula is C13H12N4O2S. The molecule has 20 heavy (non-hydrogen) atoms. The predicted octanol–water partition coefficient (Wildman–Crippen LogP) is 1.85. The Labute approximate surface area is 119 Å². The van der Waals surface area contributed by atoms with Crippen molar-refractivity contribution in [3.8, 4) is 0 Å². The quantitative estimate of drug-likeness (QED) is 0.541. The van der Waals surface area contributed by atoms with E-state index in [1.54, 1.807) is 0 Å². The molecule has 0 aliphatic rings. The number of hydrogen-bond donors (Lipinski definition) is 0. The molecule has 0 aliphatic heterocycles. The van der Waals surface area contributed by atoms with Crippen LogP contribution >= 0.6 is 11.8 Å². The molecular weight excluding hydrogens is 276 g/mol. The van der Waals surface area contributed by atoms with E-state index in [-0.39, 0.29) is 11.7 Å². The summed E-state index contributed by atoms with van der Waals surface area (Å²) >= 11 is 1.30. The summed E-state index contributed by atoms with van der Waals surface area (Å²) in [7, 11) is 1.37. The van der Waals surface area contributed by atoms with E-state index in [1.165, 1.54) is 18.9 Å². The number of aryl methyl sites for hydroxylation is 1. The minimum atomic E-state index is -0.292. The minimum absolute atomic E-state index is 0.198. The Hall–Kier alpha value is -2.15. The summed E-state index contributed by atoms with van der Waals surface area (Å²) in [5, 5.41) is 8.92. The highest BCUT2D eigenvalue weighted by Gasteiger charge is 2.14. The molecule has 0 saturated heterocycles. The number of carbonyl (C=O) groups is 1. The number of carbonyl (C=O) groups excluding carboxylic acids is 1. The first kappa shape index (κ1) is 12.9. The molecule has 0 radical (unpaired) electrons. The average Bonchev–Trinajstić information content (AvgIpc) is 2.87. The Bertz CT molecular complexity index is 800. The van der Waals surface area contributed by atoms with Crippen LogP contribution in [0.1, 0.15) is 5.82 Å². The molecule has 102 valence electrons. The van der Waals surface area contributed by atoms with Crippen molar-refractivity contribution in [1.29, 1.82) is 0 Å². The molecule has 0 amide bonds. The molecule has 0 unspecified atom stereocenters. The van der Waals surface area contributed by atoms with Crippen LogP contribution in [0.3, 0.4) is 0 Å². The number of esters is 1. The SMILES string of the molecule is COC(=O)CSc1nc2ccccc2n2c(C)nnc12. The molecule has 0 N–H and O–H groups in total. The molecule has 2 aromatic heterocycles. The number of hydrogen-bond acceptors (Lipinski definition) is 6. The van der Waals surface area contributed by atoms with Gasteiger partial charge >= 0.3 is 5.97 Å². The molecule has 0 spiro atoms. The minimum Gasteiger partial charge on any atom is -0.468 e. The second-order valence-corrected chi connectivity index (χ2v) is 5.14. The van der Waals surface area contributed by atoms with Gasteiger partial charge in [0.2, 0.25) is 0 Å². The van der Waals surface area contributed by atoms with Gasteiger partial charge in [0.05, 0.1) is 23.9 Å². The zero-order chi connectivity index (χ0) is 14.1. The van der Waals surface area contributed by atoms with Crippen LogP contribution in [0.25, 0.3) is 16.7 Å². The number of methoxy groups -OCH3 is 1. The monoisotopic (exact) mass is 288 g/mol. The third kappa shape index (κ3) is 2.09. The van der Waals surface area contributed by atoms with E-state index in [4.69, 9.17) is 0 Å². The summed E-state index contributed by atoms with van der Waals surface area (Å²) in [6.45, 7) is 1.89. The Kier molecular flexibility index (Phi) is 3.27. The lowest BCUT2D eigenvalue weighted by Gasteiger charge is -2.06. The van der Waals surface area contributed by atoms with E-state index in [1.807, 2.05) is 35.6 Å². The first-order chi connectivity index (χ1) is 9.70. The van der Waals surface area contributed by atoms with Crippen molar-refractivity contribution in [3.63, 3.8) is 0 Å². The number of aromatic nitrogens is 4. The summed E-state index contributed by atoms with van der Waals surface area (Å²) in [5.41, 5.74) is 2.46. The highest BCUT2D eigenvalue weighted by molar-refractivity contribution is 8.00. The van der Waals surface area contributed by atoms with Crippen molar-refractivity contribution in [1.82, 2.24) is 19.6 Å². The molecule has 0 bridgehead atoms. The van der Waals surface area contributed by atoms with Crippen molar-refractivity contribution >= 4 is 34.4 Å². The molecule has 2 heterocycles. The van der Waals surface area contributed by atoms with Crippen molar-refractivity contribution in [2.24, 2.45) is 0 Å². The lowest BCUT2D eigenvalue weighted by molar-refractivity contribution is -0.137. The van der Waals surface area contributed by atoms with Crippen LogP contribution in [0.4, 0.5) is 0 Å². The second-order valence-electron chi connectivity index (χ2n) is 4.18. The molecule has 3 aromatic rings. The van der Waals surface area contributed by atoms with Crippen LogP contribution in [0.15, 0.2) is 29.3 Å². The second kappa shape index (κ2) is 5.09. The fourth-order valence-electron chi connectivity index (χ4n) is 1.98. The summed E-state index contributed by atoms with van der Waals surface area (Å²) < 4.78 is 6.59. The van der Waals surface area contributed by atoms with Crippen LogP contribution < -0.4 is 0 Å². The third-order valence-electron chi connectivity index (χ3n) is 2.92. The number of rotatable bonds is 3. The van der Waals surface area contributed by atoms with Gasteiger partial charge in [0.15, 0.2) is 5.65 Å². The number of benzene rings is 1. The van der Waals surface area contributed by atoms with Crippen LogP contribution in [-0.2, 0) is 9.53 Å². The summed E-state index contributed by atoms with van der Waals surface area (Å²) in [4.78, 5) is 15.8. The van der Waals surface area contributed by atoms with Crippen LogP contribution in [0.2, 0.25) is 0 Å². The van der Waals surface area contributed by atoms with Gasteiger partial charge in [-0.2, -0.15) is 0 Å². The van der Waals surface area contributed by atoms with Crippen molar-refractivity contribution in [2.45, 2.75) is 11.9 Å². The van der Waals surface area contributed by atoms with Gasteiger partial charge in [-0.3, -0.25) is 9.20 Å². The largest absolute Gasteiger partial charge is 0.468 e. The number of nitrogens with zero attached hydrogens (tertiary/aromatic N) is 4. The standard InChI is InChI=1S/C13H12N4O2S/c1-8-15-16-12-13(20-7-11(18)19-2)14-9-5-3-4-6-10(9)17(8)12/h3-6H,7H2,1-2H3. The number of fused-ring (bicyclic) bond motifs is 3. The predicted molar refractivity (Wildman–Crippen MR) is 75.8 cm³/mol. The van der Waals surface area contributed by atoms with Gasteiger partial charge in [0.1, 0.15) is 10.9 Å². The Morgan fingerprint density at radius 1 is 1.35 bits per heavy atom. The maximum absolute atomic E-state index is 11.3. The molecule has 7 heteroatoms.